The zero-order valence-corrected chi connectivity index (χ0v) is 15.7. The van der Waals surface area contributed by atoms with Crippen molar-refractivity contribution in [2.24, 2.45) is 0 Å². The van der Waals surface area contributed by atoms with Crippen molar-refractivity contribution in [3.8, 4) is 0 Å². The Labute approximate surface area is 138 Å². The molecule has 0 spiro atoms. The highest BCUT2D eigenvalue weighted by Gasteiger charge is 2.15. The summed E-state index contributed by atoms with van der Waals surface area (Å²) in [4.78, 5) is 4.93. The van der Waals surface area contributed by atoms with E-state index >= 15 is 0 Å². The average Bonchev–Trinajstić information content (AvgIpc) is 2.91. The van der Waals surface area contributed by atoms with Crippen LogP contribution in [0.1, 0.15) is 116 Å². The molecule has 0 bridgehead atoms. The largest absolute Gasteiger partial charge is 0.334 e. The summed E-state index contributed by atoms with van der Waals surface area (Å²) in [6.07, 6.45) is 14.4. The summed E-state index contributed by atoms with van der Waals surface area (Å²) in [5, 5.41) is 0. The van der Waals surface area contributed by atoms with E-state index in [4.69, 9.17) is 4.98 Å². The SMILES string of the molecule is CCCCCCCCCn1cc(C(C)C)nc1C(C)CCC. The molecule has 0 aliphatic rings. The lowest BCUT2D eigenvalue weighted by Crippen LogP contribution is -2.07. The van der Waals surface area contributed by atoms with Gasteiger partial charge in [0.25, 0.3) is 0 Å². The quantitative estimate of drug-likeness (QED) is 0.395. The van der Waals surface area contributed by atoms with Gasteiger partial charge in [-0.1, -0.05) is 79.6 Å². The van der Waals surface area contributed by atoms with Crippen molar-refractivity contribution in [3.05, 3.63) is 17.7 Å². The number of aromatic nitrogens is 2. The minimum atomic E-state index is 0.530. The van der Waals surface area contributed by atoms with Crippen LogP contribution in [0.4, 0.5) is 0 Å². The first-order valence-corrected chi connectivity index (χ1v) is 9.67. The Kier molecular flexibility index (Phi) is 9.50. The highest BCUT2D eigenvalue weighted by Crippen LogP contribution is 2.24. The van der Waals surface area contributed by atoms with Crippen molar-refractivity contribution in [2.75, 3.05) is 0 Å². The van der Waals surface area contributed by atoms with Gasteiger partial charge in [0.05, 0.1) is 5.69 Å². The maximum absolute atomic E-state index is 4.93. The molecular weight excluding hydrogens is 268 g/mol. The highest BCUT2D eigenvalue weighted by atomic mass is 15.1. The van der Waals surface area contributed by atoms with Crippen LogP contribution in [-0.4, -0.2) is 9.55 Å². The summed E-state index contributed by atoms with van der Waals surface area (Å²) >= 11 is 0. The van der Waals surface area contributed by atoms with Crippen molar-refractivity contribution in [3.63, 3.8) is 0 Å². The molecular formula is C20H38N2. The molecule has 1 unspecified atom stereocenters. The Morgan fingerprint density at radius 3 is 2.14 bits per heavy atom. The van der Waals surface area contributed by atoms with E-state index in [9.17, 15) is 0 Å². The molecule has 0 saturated carbocycles. The Morgan fingerprint density at radius 2 is 1.55 bits per heavy atom. The Balaban J connectivity index is 2.49. The third kappa shape index (κ3) is 6.54. The molecule has 0 aliphatic heterocycles. The van der Waals surface area contributed by atoms with Gasteiger partial charge in [0, 0.05) is 18.7 Å². The molecule has 1 heterocycles. The summed E-state index contributed by atoms with van der Waals surface area (Å²) in [5.74, 6) is 2.43. The van der Waals surface area contributed by atoms with Crippen LogP contribution in [0.3, 0.4) is 0 Å². The molecule has 1 aromatic rings. The highest BCUT2D eigenvalue weighted by molar-refractivity contribution is 5.11. The van der Waals surface area contributed by atoms with E-state index in [1.807, 2.05) is 0 Å². The predicted molar refractivity (Wildman–Crippen MR) is 97.6 cm³/mol. The average molecular weight is 307 g/mol. The normalized spacial score (nSPS) is 13.0. The summed E-state index contributed by atoms with van der Waals surface area (Å²) in [5.41, 5.74) is 1.26. The van der Waals surface area contributed by atoms with E-state index in [1.54, 1.807) is 0 Å². The van der Waals surface area contributed by atoms with Gasteiger partial charge in [0.2, 0.25) is 0 Å². The second kappa shape index (κ2) is 10.9. The van der Waals surface area contributed by atoms with Gasteiger partial charge in [0.1, 0.15) is 5.82 Å². The summed E-state index contributed by atoms with van der Waals surface area (Å²) < 4.78 is 2.45. The molecule has 1 aromatic heterocycles. The first-order valence-electron chi connectivity index (χ1n) is 9.67. The minimum Gasteiger partial charge on any atom is -0.334 e. The molecule has 0 N–H and O–H groups in total. The number of nitrogens with zero attached hydrogens (tertiary/aromatic N) is 2. The van der Waals surface area contributed by atoms with Crippen molar-refractivity contribution in [1.29, 1.82) is 0 Å². The lowest BCUT2D eigenvalue weighted by Gasteiger charge is -2.13. The first kappa shape index (κ1) is 19.3. The molecule has 2 heteroatoms. The number of hydrogen-bond acceptors (Lipinski definition) is 1. The number of hydrogen-bond donors (Lipinski definition) is 0. The standard InChI is InChI=1S/C20H38N2/c1-6-8-9-10-11-12-13-15-22-16-19(17(3)4)21-20(22)18(5)14-7-2/h16-18H,6-15H2,1-5H3. The van der Waals surface area contributed by atoms with Gasteiger partial charge >= 0.3 is 0 Å². The molecule has 128 valence electrons. The van der Waals surface area contributed by atoms with Crippen LogP contribution in [0.2, 0.25) is 0 Å². The Morgan fingerprint density at radius 1 is 0.909 bits per heavy atom. The fourth-order valence-corrected chi connectivity index (χ4v) is 3.10. The third-order valence-electron chi connectivity index (χ3n) is 4.58. The zero-order chi connectivity index (χ0) is 16.4. The molecule has 22 heavy (non-hydrogen) atoms. The molecule has 2 nitrogen and oxygen atoms in total. The molecule has 1 rings (SSSR count). The van der Waals surface area contributed by atoms with Crippen LogP contribution in [0.25, 0.3) is 0 Å². The van der Waals surface area contributed by atoms with E-state index in [0.29, 0.717) is 11.8 Å². The maximum Gasteiger partial charge on any atom is 0.111 e. The van der Waals surface area contributed by atoms with Crippen LogP contribution in [0, 0.1) is 0 Å². The Hall–Kier alpha value is -0.790. The fourth-order valence-electron chi connectivity index (χ4n) is 3.10. The van der Waals surface area contributed by atoms with Crippen LogP contribution < -0.4 is 0 Å². The second-order valence-electron chi connectivity index (χ2n) is 7.18. The van der Waals surface area contributed by atoms with Crippen molar-refractivity contribution >= 4 is 0 Å². The van der Waals surface area contributed by atoms with Gasteiger partial charge in [-0.15, -0.1) is 0 Å². The van der Waals surface area contributed by atoms with Crippen LogP contribution in [0.15, 0.2) is 6.20 Å². The van der Waals surface area contributed by atoms with Crippen molar-refractivity contribution < 1.29 is 0 Å². The molecule has 0 radical (unpaired) electrons. The number of imidazole rings is 1. The zero-order valence-electron chi connectivity index (χ0n) is 15.7. The monoisotopic (exact) mass is 306 g/mol. The maximum atomic E-state index is 4.93. The van der Waals surface area contributed by atoms with E-state index in [-0.39, 0.29) is 0 Å². The van der Waals surface area contributed by atoms with E-state index < -0.39 is 0 Å². The number of aryl methyl sites for hydroxylation is 1. The fraction of sp³-hybridized carbons (Fsp3) is 0.850. The van der Waals surface area contributed by atoms with E-state index in [0.717, 1.165) is 6.54 Å². The summed E-state index contributed by atoms with van der Waals surface area (Å²) in [6, 6.07) is 0. The smallest absolute Gasteiger partial charge is 0.111 e. The Bertz CT molecular complexity index is 392. The van der Waals surface area contributed by atoms with Gasteiger partial charge in [-0.05, 0) is 18.8 Å². The molecule has 0 aliphatic carbocycles. The second-order valence-corrected chi connectivity index (χ2v) is 7.18. The van der Waals surface area contributed by atoms with Gasteiger partial charge < -0.3 is 4.57 Å². The van der Waals surface area contributed by atoms with Gasteiger partial charge in [-0.3, -0.25) is 0 Å². The molecule has 1 atom stereocenters. The number of unbranched alkanes of at least 4 members (excludes halogenated alkanes) is 6. The molecule has 0 fully saturated rings. The first-order chi connectivity index (χ1) is 10.6. The van der Waals surface area contributed by atoms with Crippen LogP contribution in [0.5, 0.6) is 0 Å². The van der Waals surface area contributed by atoms with E-state index in [1.165, 1.54) is 69.3 Å². The van der Waals surface area contributed by atoms with E-state index in [2.05, 4.69) is 45.4 Å². The summed E-state index contributed by atoms with van der Waals surface area (Å²) in [6.45, 7) is 12.5. The van der Waals surface area contributed by atoms with Gasteiger partial charge in [-0.25, -0.2) is 4.98 Å². The minimum absolute atomic E-state index is 0.530. The molecule has 0 aromatic carbocycles. The molecule has 0 saturated heterocycles. The molecule has 0 amide bonds. The predicted octanol–water partition coefficient (Wildman–Crippen LogP) is 6.66. The number of rotatable bonds is 12. The lowest BCUT2D eigenvalue weighted by atomic mass is 10.1. The summed E-state index contributed by atoms with van der Waals surface area (Å²) in [7, 11) is 0. The topological polar surface area (TPSA) is 17.8 Å². The van der Waals surface area contributed by atoms with Crippen molar-refractivity contribution in [1.82, 2.24) is 9.55 Å². The van der Waals surface area contributed by atoms with Gasteiger partial charge in [-0.2, -0.15) is 0 Å². The van der Waals surface area contributed by atoms with Crippen LogP contribution >= 0.6 is 0 Å². The lowest BCUT2D eigenvalue weighted by molar-refractivity contribution is 0.517. The third-order valence-corrected chi connectivity index (χ3v) is 4.58. The van der Waals surface area contributed by atoms with Crippen LogP contribution in [-0.2, 0) is 6.54 Å². The van der Waals surface area contributed by atoms with Crippen molar-refractivity contribution in [2.45, 2.75) is 111 Å². The van der Waals surface area contributed by atoms with Gasteiger partial charge in [0.15, 0.2) is 0 Å².